The zero-order valence-electron chi connectivity index (χ0n) is 6.68. The van der Waals surface area contributed by atoms with Crippen LogP contribution >= 0.6 is 34.8 Å². The van der Waals surface area contributed by atoms with Gasteiger partial charge in [-0.05, 0) is 6.07 Å². The summed E-state index contributed by atoms with van der Waals surface area (Å²) in [5.41, 5.74) is 0.697. The van der Waals surface area contributed by atoms with E-state index in [1.54, 1.807) is 16.8 Å². The van der Waals surface area contributed by atoms with Gasteiger partial charge in [0.05, 0.1) is 15.4 Å². The Kier molecular flexibility index (Phi) is 2.14. The number of fused-ring (bicyclic) bond motifs is 1. The van der Waals surface area contributed by atoms with E-state index in [2.05, 4.69) is 4.98 Å². The first-order valence-corrected chi connectivity index (χ1v) is 4.69. The monoisotopic (exact) mass is 234 g/mol. The van der Waals surface area contributed by atoms with Gasteiger partial charge in [-0.3, -0.25) is 0 Å². The number of hydrogen-bond acceptors (Lipinski definition) is 1. The molecule has 2 nitrogen and oxygen atoms in total. The van der Waals surface area contributed by atoms with Crippen molar-refractivity contribution < 1.29 is 0 Å². The minimum absolute atomic E-state index is 0.371. The third-order valence-electron chi connectivity index (χ3n) is 1.80. The number of nitrogens with zero attached hydrogens (tertiary/aromatic N) is 2. The second-order valence-corrected chi connectivity index (χ2v) is 3.92. The summed E-state index contributed by atoms with van der Waals surface area (Å²) in [6, 6.07) is 1.58. The van der Waals surface area contributed by atoms with E-state index < -0.39 is 0 Å². The first-order chi connectivity index (χ1) is 6.09. The molecule has 0 aliphatic heterocycles. The lowest BCUT2D eigenvalue weighted by Crippen LogP contribution is -1.87. The zero-order valence-corrected chi connectivity index (χ0v) is 8.95. The highest BCUT2D eigenvalue weighted by molar-refractivity contribution is 6.43. The van der Waals surface area contributed by atoms with Crippen molar-refractivity contribution in [1.29, 1.82) is 0 Å². The number of halogens is 3. The fraction of sp³-hybridized carbons (Fsp3) is 0.125. The van der Waals surface area contributed by atoms with Gasteiger partial charge in [0.25, 0.3) is 0 Å². The van der Waals surface area contributed by atoms with Gasteiger partial charge in [0.2, 0.25) is 0 Å². The van der Waals surface area contributed by atoms with Crippen LogP contribution in [-0.2, 0) is 7.05 Å². The number of rotatable bonds is 0. The highest BCUT2D eigenvalue weighted by Gasteiger charge is 2.10. The first-order valence-electron chi connectivity index (χ1n) is 3.56. The Labute approximate surface area is 90.0 Å². The summed E-state index contributed by atoms with van der Waals surface area (Å²) in [5.74, 6) is 0. The molecule has 0 saturated carbocycles. The second kappa shape index (κ2) is 3.05. The van der Waals surface area contributed by atoms with Crippen LogP contribution in [0.2, 0.25) is 15.2 Å². The van der Waals surface area contributed by atoms with Crippen LogP contribution < -0.4 is 0 Å². The Balaban J connectivity index is 2.97. The van der Waals surface area contributed by atoms with E-state index >= 15 is 0 Å². The van der Waals surface area contributed by atoms with Crippen LogP contribution in [0.1, 0.15) is 0 Å². The maximum Gasteiger partial charge on any atom is 0.144 e. The fourth-order valence-electron chi connectivity index (χ4n) is 1.24. The molecule has 0 unspecified atom stereocenters. The van der Waals surface area contributed by atoms with E-state index in [-0.39, 0.29) is 0 Å². The summed E-state index contributed by atoms with van der Waals surface area (Å²) in [6.07, 6.45) is 1.75. The van der Waals surface area contributed by atoms with Crippen molar-refractivity contribution in [3.8, 4) is 0 Å². The van der Waals surface area contributed by atoms with Crippen LogP contribution in [-0.4, -0.2) is 9.55 Å². The van der Waals surface area contributed by atoms with Crippen LogP contribution in [0.5, 0.6) is 0 Å². The van der Waals surface area contributed by atoms with Gasteiger partial charge in [-0.15, -0.1) is 0 Å². The van der Waals surface area contributed by atoms with Gasteiger partial charge in [-0.25, -0.2) is 4.98 Å². The summed E-state index contributed by atoms with van der Waals surface area (Å²) in [6.45, 7) is 0. The van der Waals surface area contributed by atoms with E-state index in [9.17, 15) is 0 Å². The second-order valence-electron chi connectivity index (χ2n) is 2.71. The molecule has 5 heteroatoms. The predicted molar refractivity (Wildman–Crippen MR) is 55.7 cm³/mol. The smallest absolute Gasteiger partial charge is 0.144 e. The lowest BCUT2D eigenvalue weighted by molar-refractivity contribution is 0.949. The van der Waals surface area contributed by atoms with E-state index in [0.29, 0.717) is 20.8 Å². The largest absolute Gasteiger partial charge is 0.334 e. The standard InChI is InChI=1S/C8H5Cl3N2/c1-13-3-5(10)7-4(9)2-6(11)12-8(7)13/h2-3H,1H3. The predicted octanol–water partition coefficient (Wildman–Crippen LogP) is 3.53. The Morgan fingerprint density at radius 2 is 1.92 bits per heavy atom. The molecule has 0 aliphatic rings. The Morgan fingerprint density at radius 1 is 1.23 bits per heavy atom. The van der Waals surface area contributed by atoms with Gasteiger partial charge < -0.3 is 4.57 Å². The lowest BCUT2D eigenvalue weighted by atomic mass is 10.3. The molecule has 2 rings (SSSR count). The van der Waals surface area contributed by atoms with Crippen molar-refractivity contribution in [3.05, 3.63) is 27.5 Å². The summed E-state index contributed by atoms with van der Waals surface area (Å²) < 4.78 is 1.79. The Bertz CT molecular complexity index is 476. The number of hydrogen-bond donors (Lipinski definition) is 0. The van der Waals surface area contributed by atoms with E-state index in [1.165, 1.54) is 0 Å². The van der Waals surface area contributed by atoms with Gasteiger partial charge in [0.15, 0.2) is 0 Å². The Morgan fingerprint density at radius 3 is 2.62 bits per heavy atom. The van der Waals surface area contributed by atoms with Crippen molar-refractivity contribution in [1.82, 2.24) is 9.55 Å². The van der Waals surface area contributed by atoms with Crippen LogP contribution in [0.4, 0.5) is 0 Å². The first kappa shape index (κ1) is 9.13. The maximum atomic E-state index is 5.96. The van der Waals surface area contributed by atoms with Crippen molar-refractivity contribution in [2.24, 2.45) is 7.05 Å². The van der Waals surface area contributed by atoms with E-state index in [1.807, 2.05) is 7.05 Å². The SMILES string of the molecule is Cn1cc(Cl)c2c(Cl)cc(Cl)nc21. The van der Waals surface area contributed by atoms with E-state index in [0.717, 1.165) is 5.39 Å². The highest BCUT2D eigenvalue weighted by atomic mass is 35.5. The number of aryl methyl sites for hydroxylation is 1. The molecular weight excluding hydrogens is 230 g/mol. The van der Waals surface area contributed by atoms with Gasteiger partial charge in [0, 0.05) is 13.2 Å². The van der Waals surface area contributed by atoms with Gasteiger partial charge in [0.1, 0.15) is 10.8 Å². The molecule has 2 aromatic heterocycles. The van der Waals surface area contributed by atoms with Crippen LogP contribution in [0.15, 0.2) is 12.3 Å². The van der Waals surface area contributed by atoms with Crippen molar-refractivity contribution in [2.45, 2.75) is 0 Å². The molecule has 0 fully saturated rings. The molecule has 0 saturated heterocycles. The summed E-state index contributed by atoms with van der Waals surface area (Å²) in [7, 11) is 1.84. The van der Waals surface area contributed by atoms with Gasteiger partial charge >= 0.3 is 0 Å². The van der Waals surface area contributed by atoms with Crippen LogP contribution in [0.3, 0.4) is 0 Å². The quantitative estimate of drug-likeness (QED) is 0.639. The molecule has 0 N–H and O–H groups in total. The molecule has 2 heterocycles. The van der Waals surface area contributed by atoms with Crippen molar-refractivity contribution >= 4 is 45.8 Å². The van der Waals surface area contributed by atoms with E-state index in [4.69, 9.17) is 34.8 Å². The third kappa shape index (κ3) is 1.39. The van der Waals surface area contributed by atoms with Crippen LogP contribution in [0, 0.1) is 0 Å². The maximum absolute atomic E-state index is 5.96. The van der Waals surface area contributed by atoms with Crippen molar-refractivity contribution in [3.63, 3.8) is 0 Å². The highest BCUT2D eigenvalue weighted by Crippen LogP contribution is 2.31. The average Bonchev–Trinajstić information content (AvgIpc) is 2.27. The van der Waals surface area contributed by atoms with Gasteiger partial charge in [-0.2, -0.15) is 0 Å². The van der Waals surface area contributed by atoms with Crippen LogP contribution in [0.25, 0.3) is 11.0 Å². The minimum atomic E-state index is 0.371. The third-order valence-corrected chi connectivity index (χ3v) is 2.58. The zero-order chi connectivity index (χ0) is 9.59. The molecule has 0 atom stereocenters. The van der Waals surface area contributed by atoms with Gasteiger partial charge in [-0.1, -0.05) is 34.8 Å². The Hall–Kier alpha value is -0.440. The molecule has 0 aliphatic carbocycles. The molecule has 0 bridgehead atoms. The molecule has 0 spiro atoms. The van der Waals surface area contributed by atoms with Crippen molar-refractivity contribution in [2.75, 3.05) is 0 Å². The molecule has 68 valence electrons. The molecule has 13 heavy (non-hydrogen) atoms. The fourth-order valence-corrected chi connectivity index (χ4v) is 2.16. The summed E-state index contributed by atoms with van der Waals surface area (Å²) in [4.78, 5) is 4.12. The minimum Gasteiger partial charge on any atom is -0.334 e. The molecule has 0 radical (unpaired) electrons. The molecule has 2 aromatic rings. The molecule has 0 amide bonds. The molecule has 0 aromatic carbocycles. The average molecular weight is 236 g/mol. The lowest BCUT2D eigenvalue weighted by Gasteiger charge is -1.97. The number of aromatic nitrogens is 2. The number of pyridine rings is 1. The normalized spacial score (nSPS) is 11.1. The summed E-state index contributed by atoms with van der Waals surface area (Å²) in [5, 5.41) is 2.23. The molecular formula is C8H5Cl3N2. The topological polar surface area (TPSA) is 17.8 Å². The summed E-state index contributed by atoms with van der Waals surface area (Å²) >= 11 is 17.7.